The third-order valence-corrected chi connectivity index (χ3v) is 2.67. The van der Waals surface area contributed by atoms with Crippen LogP contribution in [0.2, 0.25) is 0 Å². The fraction of sp³-hybridized carbons (Fsp3) is 0.909. The minimum Gasteiger partial charge on any atom is -0.462 e. The van der Waals surface area contributed by atoms with Crippen molar-refractivity contribution >= 4 is 5.97 Å². The van der Waals surface area contributed by atoms with Crippen LogP contribution in [0.15, 0.2) is 0 Å². The van der Waals surface area contributed by atoms with Crippen LogP contribution < -0.4 is 0 Å². The molecule has 0 radical (unpaired) electrons. The lowest BCUT2D eigenvalue weighted by Crippen LogP contribution is -2.30. The minimum absolute atomic E-state index is 0.0123. The molecule has 0 aliphatic carbocycles. The van der Waals surface area contributed by atoms with Crippen LogP contribution >= 0.6 is 0 Å². The minimum atomic E-state index is -0.344. The van der Waals surface area contributed by atoms with Gasteiger partial charge in [-0.1, -0.05) is 20.8 Å². The molecule has 0 aromatic carbocycles. The van der Waals surface area contributed by atoms with Gasteiger partial charge >= 0.3 is 5.97 Å². The summed E-state index contributed by atoms with van der Waals surface area (Å²) in [5.41, 5.74) is -0.344. The molecule has 2 nitrogen and oxygen atoms in total. The average molecular weight is 186 g/mol. The van der Waals surface area contributed by atoms with Crippen LogP contribution in [0.1, 0.15) is 48.0 Å². The summed E-state index contributed by atoms with van der Waals surface area (Å²) in [6.07, 6.45) is 0.828. The first-order chi connectivity index (χ1) is 5.81. The molecule has 2 heteroatoms. The Hall–Kier alpha value is -0.530. The van der Waals surface area contributed by atoms with Gasteiger partial charge < -0.3 is 4.74 Å². The second-order valence-electron chi connectivity index (χ2n) is 4.59. The molecule has 0 heterocycles. The predicted octanol–water partition coefficient (Wildman–Crippen LogP) is 3.01. The molecular weight excluding hydrogens is 164 g/mol. The summed E-state index contributed by atoms with van der Waals surface area (Å²) in [6.45, 7) is 11.9. The third-order valence-electron chi connectivity index (χ3n) is 2.67. The molecule has 0 rings (SSSR count). The lowest BCUT2D eigenvalue weighted by atomic mass is 9.90. The number of carbonyl (C=O) groups is 1. The van der Waals surface area contributed by atoms with Gasteiger partial charge in [-0.15, -0.1) is 0 Å². The van der Waals surface area contributed by atoms with Crippen molar-refractivity contribution in [2.24, 2.45) is 11.3 Å². The smallest absolute Gasteiger partial charge is 0.311 e. The van der Waals surface area contributed by atoms with Crippen molar-refractivity contribution in [2.45, 2.75) is 54.1 Å². The number of hydrogen-bond acceptors (Lipinski definition) is 2. The number of carbonyl (C=O) groups excluding carboxylic acids is 1. The largest absolute Gasteiger partial charge is 0.462 e. The quantitative estimate of drug-likeness (QED) is 0.631. The highest BCUT2D eigenvalue weighted by molar-refractivity contribution is 5.75. The zero-order chi connectivity index (χ0) is 10.6. The van der Waals surface area contributed by atoms with E-state index in [0.717, 1.165) is 6.42 Å². The van der Waals surface area contributed by atoms with Crippen molar-refractivity contribution in [2.75, 3.05) is 0 Å². The van der Waals surface area contributed by atoms with E-state index in [-0.39, 0.29) is 17.5 Å². The molecule has 13 heavy (non-hydrogen) atoms. The molecule has 0 saturated carbocycles. The van der Waals surface area contributed by atoms with Crippen LogP contribution in [0.4, 0.5) is 0 Å². The molecule has 0 aromatic rings. The average Bonchev–Trinajstić information content (AvgIpc) is 2.04. The Kier molecular flexibility index (Phi) is 4.45. The number of ether oxygens (including phenoxy) is 1. The molecule has 0 N–H and O–H groups in total. The standard InChI is InChI=1S/C11H22O2/c1-7-11(5,6)10(12)13-9(4)8(2)3/h8-9H,7H2,1-6H3. The first-order valence-electron chi connectivity index (χ1n) is 5.02. The third kappa shape index (κ3) is 3.79. The van der Waals surface area contributed by atoms with Gasteiger partial charge in [-0.25, -0.2) is 0 Å². The lowest BCUT2D eigenvalue weighted by molar-refractivity contribution is -0.161. The Bertz CT molecular complexity index is 171. The van der Waals surface area contributed by atoms with E-state index in [2.05, 4.69) is 13.8 Å². The number of esters is 1. The molecular formula is C11H22O2. The summed E-state index contributed by atoms with van der Waals surface area (Å²) in [5, 5.41) is 0. The van der Waals surface area contributed by atoms with Crippen molar-refractivity contribution in [1.29, 1.82) is 0 Å². The van der Waals surface area contributed by atoms with E-state index in [9.17, 15) is 4.79 Å². The van der Waals surface area contributed by atoms with Crippen LogP contribution in [0.25, 0.3) is 0 Å². The summed E-state index contributed by atoms with van der Waals surface area (Å²) in [7, 11) is 0. The first kappa shape index (κ1) is 12.5. The molecule has 0 saturated heterocycles. The Labute approximate surface area is 81.7 Å². The van der Waals surface area contributed by atoms with Crippen LogP contribution in [0, 0.1) is 11.3 Å². The summed E-state index contributed by atoms with van der Waals surface area (Å²) in [6, 6.07) is 0. The Balaban J connectivity index is 4.15. The van der Waals surface area contributed by atoms with Crippen LogP contribution in [0.5, 0.6) is 0 Å². The Morgan fingerprint density at radius 3 is 2.08 bits per heavy atom. The number of hydrogen-bond donors (Lipinski definition) is 0. The van der Waals surface area contributed by atoms with Gasteiger partial charge in [0.25, 0.3) is 0 Å². The molecule has 1 atom stereocenters. The first-order valence-corrected chi connectivity index (χ1v) is 5.02. The van der Waals surface area contributed by atoms with Crippen molar-refractivity contribution in [3.8, 4) is 0 Å². The monoisotopic (exact) mass is 186 g/mol. The van der Waals surface area contributed by atoms with Crippen molar-refractivity contribution in [3.63, 3.8) is 0 Å². The van der Waals surface area contributed by atoms with E-state index < -0.39 is 0 Å². The van der Waals surface area contributed by atoms with Crippen LogP contribution in [0.3, 0.4) is 0 Å². The maximum absolute atomic E-state index is 11.6. The molecule has 0 fully saturated rings. The van der Waals surface area contributed by atoms with Crippen LogP contribution in [-0.4, -0.2) is 12.1 Å². The molecule has 78 valence electrons. The highest BCUT2D eigenvalue weighted by Gasteiger charge is 2.28. The van der Waals surface area contributed by atoms with Gasteiger partial charge in [0, 0.05) is 0 Å². The van der Waals surface area contributed by atoms with Gasteiger partial charge in [-0.05, 0) is 33.1 Å². The van der Waals surface area contributed by atoms with E-state index in [1.165, 1.54) is 0 Å². The van der Waals surface area contributed by atoms with Crippen molar-refractivity contribution in [3.05, 3.63) is 0 Å². The van der Waals surface area contributed by atoms with Gasteiger partial charge in [-0.3, -0.25) is 4.79 Å². The van der Waals surface area contributed by atoms with Gasteiger partial charge in [0.2, 0.25) is 0 Å². The molecule has 0 spiro atoms. The number of rotatable bonds is 4. The normalized spacial score (nSPS) is 14.4. The fourth-order valence-corrected chi connectivity index (χ4v) is 0.609. The van der Waals surface area contributed by atoms with E-state index in [0.29, 0.717) is 5.92 Å². The van der Waals surface area contributed by atoms with Gasteiger partial charge in [0.05, 0.1) is 5.41 Å². The second-order valence-corrected chi connectivity index (χ2v) is 4.59. The highest BCUT2D eigenvalue weighted by Crippen LogP contribution is 2.23. The predicted molar refractivity (Wildman–Crippen MR) is 54.5 cm³/mol. The molecule has 0 amide bonds. The molecule has 1 unspecified atom stereocenters. The van der Waals surface area contributed by atoms with E-state index in [4.69, 9.17) is 4.74 Å². The highest BCUT2D eigenvalue weighted by atomic mass is 16.5. The summed E-state index contributed by atoms with van der Waals surface area (Å²) >= 11 is 0. The fourth-order valence-electron chi connectivity index (χ4n) is 0.609. The summed E-state index contributed by atoms with van der Waals surface area (Å²) in [5.74, 6) is 0.299. The zero-order valence-electron chi connectivity index (χ0n) is 9.68. The van der Waals surface area contributed by atoms with E-state index in [1.54, 1.807) is 0 Å². The lowest BCUT2D eigenvalue weighted by Gasteiger charge is -2.25. The van der Waals surface area contributed by atoms with Gasteiger partial charge in [0.15, 0.2) is 0 Å². The summed E-state index contributed by atoms with van der Waals surface area (Å²) in [4.78, 5) is 11.6. The maximum Gasteiger partial charge on any atom is 0.311 e. The molecule has 0 aliphatic rings. The van der Waals surface area contributed by atoms with Crippen molar-refractivity contribution < 1.29 is 9.53 Å². The molecule has 0 aromatic heterocycles. The van der Waals surface area contributed by atoms with E-state index in [1.807, 2.05) is 27.7 Å². The SMILES string of the molecule is CCC(C)(C)C(=O)OC(C)C(C)C. The van der Waals surface area contributed by atoms with Crippen molar-refractivity contribution in [1.82, 2.24) is 0 Å². The molecule has 0 aliphatic heterocycles. The van der Waals surface area contributed by atoms with E-state index >= 15 is 0 Å². The van der Waals surface area contributed by atoms with Gasteiger partial charge in [0.1, 0.15) is 6.10 Å². The van der Waals surface area contributed by atoms with Gasteiger partial charge in [-0.2, -0.15) is 0 Å². The Morgan fingerprint density at radius 2 is 1.77 bits per heavy atom. The zero-order valence-corrected chi connectivity index (χ0v) is 9.68. The second kappa shape index (κ2) is 4.64. The van der Waals surface area contributed by atoms with Crippen LogP contribution in [-0.2, 0) is 9.53 Å². The maximum atomic E-state index is 11.6. The summed E-state index contributed by atoms with van der Waals surface area (Å²) < 4.78 is 5.33. The Morgan fingerprint density at radius 1 is 1.31 bits per heavy atom. The topological polar surface area (TPSA) is 26.3 Å². The molecule has 0 bridgehead atoms.